The molecule has 2 rings (SSSR count). The van der Waals surface area contributed by atoms with Gasteiger partial charge < -0.3 is 43.2 Å². The number of aliphatic carboxylic acids is 1. The fourth-order valence-electron chi connectivity index (χ4n) is 3.40. The van der Waals surface area contributed by atoms with E-state index in [2.05, 4.69) is 20.9 Å². The van der Waals surface area contributed by atoms with Crippen molar-refractivity contribution in [2.75, 3.05) is 6.54 Å². The van der Waals surface area contributed by atoms with Crippen molar-refractivity contribution in [1.29, 1.82) is 0 Å². The number of rotatable bonds is 14. The number of para-hydroxylation sites is 1. The van der Waals surface area contributed by atoms with Crippen LogP contribution in [0.25, 0.3) is 10.9 Å². The molecule has 0 aliphatic heterocycles. The first-order valence-electron chi connectivity index (χ1n) is 10.9. The number of carbonyl (C=O) groups is 6. The van der Waals surface area contributed by atoms with Gasteiger partial charge in [0.25, 0.3) is 0 Å². The van der Waals surface area contributed by atoms with Gasteiger partial charge in [0.15, 0.2) is 0 Å². The van der Waals surface area contributed by atoms with Gasteiger partial charge in [-0.2, -0.15) is 0 Å². The maximum Gasteiger partial charge on any atom is 0.326 e. The average Bonchev–Trinajstić information content (AvgIpc) is 3.21. The molecule has 5 amide bonds. The van der Waals surface area contributed by atoms with Gasteiger partial charge in [-0.3, -0.25) is 24.0 Å². The third-order valence-electron chi connectivity index (χ3n) is 5.23. The van der Waals surface area contributed by atoms with E-state index in [-0.39, 0.29) is 19.3 Å². The van der Waals surface area contributed by atoms with Crippen molar-refractivity contribution in [3.05, 3.63) is 36.0 Å². The molecule has 36 heavy (non-hydrogen) atoms. The number of nitrogens with two attached hydrogens (primary N) is 3. The van der Waals surface area contributed by atoms with Crippen molar-refractivity contribution in [1.82, 2.24) is 20.9 Å². The first kappa shape index (κ1) is 27.8. The molecule has 1 aromatic carbocycles. The van der Waals surface area contributed by atoms with E-state index in [1.807, 2.05) is 18.2 Å². The first-order chi connectivity index (χ1) is 17.0. The molecule has 0 bridgehead atoms. The summed E-state index contributed by atoms with van der Waals surface area (Å²) in [5.74, 6) is -5.27. The summed E-state index contributed by atoms with van der Waals surface area (Å²) in [5.41, 5.74) is 17.3. The molecule has 3 unspecified atom stereocenters. The fourth-order valence-corrected chi connectivity index (χ4v) is 3.40. The number of primary amides is 2. The Bertz CT molecular complexity index is 1150. The number of carboxylic acids is 1. The van der Waals surface area contributed by atoms with Crippen LogP contribution in [0.3, 0.4) is 0 Å². The number of H-pyrrole nitrogens is 1. The molecular weight excluding hydrogens is 474 g/mol. The number of nitrogens with one attached hydrogen (secondary N) is 4. The summed E-state index contributed by atoms with van der Waals surface area (Å²) in [6.07, 6.45) is 0.777. The monoisotopic (exact) mass is 503 g/mol. The second-order valence-corrected chi connectivity index (χ2v) is 8.08. The Labute approximate surface area is 205 Å². The summed E-state index contributed by atoms with van der Waals surface area (Å²) in [7, 11) is 0. The zero-order valence-electron chi connectivity index (χ0n) is 19.3. The van der Waals surface area contributed by atoms with Crippen LogP contribution in [0, 0.1) is 0 Å². The molecule has 0 saturated heterocycles. The van der Waals surface area contributed by atoms with Crippen molar-refractivity contribution in [2.45, 2.75) is 43.8 Å². The maximum absolute atomic E-state index is 12.9. The van der Waals surface area contributed by atoms with Crippen LogP contribution in [0.2, 0.25) is 0 Å². The topological polar surface area (TPSA) is 253 Å². The predicted molar refractivity (Wildman–Crippen MR) is 127 cm³/mol. The third kappa shape index (κ3) is 8.39. The Morgan fingerprint density at radius 3 is 2.28 bits per heavy atom. The second kappa shape index (κ2) is 12.9. The van der Waals surface area contributed by atoms with Crippen LogP contribution in [-0.2, 0) is 35.2 Å². The Balaban J connectivity index is 2.10. The maximum atomic E-state index is 12.9. The Kier molecular flexibility index (Phi) is 9.92. The lowest BCUT2D eigenvalue weighted by atomic mass is 10.0. The molecule has 194 valence electrons. The fraction of sp³-hybridized carbons (Fsp3) is 0.364. The summed E-state index contributed by atoms with van der Waals surface area (Å²) in [6.45, 7) is -0.604. The number of aromatic nitrogens is 1. The van der Waals surface area contributed by atoms with Crippen molar-refractivity contribution >= 4 is 46.4 Å². The molecule has 2 aromatic rings. The van der Waals surface area contributed by atoms with Crippen LogP contribution in [0.5, 0.6) is 0 Å². The normalized spacial score (nSPS) is 13.2. The van der Waals surface area contributed by atoms with E-state index < -0.39 is 66.6 Å². The quantitative estimate of drug-likeness (QED) is 0.135. The number of fused-ring (bicyclic) bond motifs is 1. The van der Waals surface area contributed by atoms with E-state index in [0.29, 0.717) is 5.56 Å². The van der Waals surface area contributed by atoms with Crippen LogP contribution < -0.4 is 33.2 Å². The third-order valence-corrected chi connectivity index (χ3v) is 5.23. The standard InChI is InChI=1S/C22H29N7O7/c23-13(8-18(25)31)20(33)29-16(7-11-9-26-14-4-2-1-3-12(11)14)21(34)27-10-19(32)28-15(22(35)36)5-6-17(24)30/h1-4,9,13,15-16,26H,5-8,10,23H2,(H2,24,30)(H2,25,31)(H,27,34)(H,28,32)(H,29,33)(H,35,36). The molecule has 1 aromatic heterocycles. The molecule has 14 heteroatoms. The zero-order chi connectivity index (χ0) is 26.8. The molecule has 0 fully saturated rings. The van der Waals surface area contributed by atoms with Gasteiger partial charge in [0, 0.05) is 29.9 Å². The van der Waals surface area contributed by atoms with Gasteiger partial charge in [-0.25, -0.2) is 4.79 Å². The molecule has 11 N–H and O–H groups in total. The number of carboxylic acid groups (broad SMARTS) is 1. The van der Waals surface area contributed by atoms with Crippen LogP contribution in [0.15, 0.2) is 30.5 Å². The Morgan fingerprint density at radius 1 is 0.944 bits per heavy atom. The van der Waals surface area contributed by atoms with Gasteiger partial charge in [-0.05, 0) is 18.1 Å². The lowest BCUT2D eigenvalue weighted by Gasteiger charge is -2.21. The minimum Gasteiger partial charge on any atom is -0.480 e. The number of amides is 5. The molecule has 3 atom stereocenters. The molecule has 1 heterocycles. The highest BCUT2D eigenvalue weighted by Gasteiger charge is 2.27. The van der Waals surface area contributed by atoms with Gasteiger partial charge >= 0.3 is 5.97 Å². The lowest BCUT2D eigenvalue weighted by molar-refractivity contribution is -0.142. The molecule has 0 saturated carbocycles. The van der Waals surface area contributed by atoms with Crippen LogP contribution in [-0.4, -0.2) is 70.3 Å². The van der Waals surface area contributed by atoms with Crippen molar-refractivity contribution in [2.24, 2.45) is 17.2 Å². The number of aromatic amines is 1. The highest BCUT2D eigenvalue weighted by Crippen LogP contribution is 2.19. The molecule has 14 nitrogen and oxygen atoms in total. The highest BCUT2D eigenvalue weighted by atomic mass is 16.4. The summed E-state index contributed by atoms with van der Waals surface area (Å²) < 4.78 is 0. The SMILES string of the molecule is NC(=O)CCC(NC(=O)CNC(=O)C(Cc1c[nH]c2ccccc12)NC(=O)C(N)CC(N)=O)C(=O)O. The van der Waals surface area contributed by atoms with Gasteiger partial charge in [-0.15, -0.1) is 0 Å². The van der Waals surface area contributed by atoms with Crippen LogP contribution >= 0.6 is 0 Å². The minimum atomic E-state index is -1.38. The van der Waals surface area contributed by atoms with Crippen LogP contribution in [0.1, 0.15) is 24.8 Å². The smallest absolute Gasteiger partial charge is 0.326 e. The number of hydrogen-bond donors (Lipinski definition) is 8. The number of carbonyl (C=O) groups excluding carboxylic acids is 5. The predicted octanol–water partition coefficient (Wildman–Crippen LogP) is -2.65. The average molecular weight is 504 g/mol. The molecule has 0 radical (unpaired) electrons. The highest BCUT2D eigenvalue weighted by molar-refractivity contribution is 5.94. The van der Waals surface area contributed by atoms with Crippen molar-refractivity contribution < 1.29 is 33.9 Å². The largest absolute Gasteiger partial charge is 0.480 e. The van der Waals surface area contributed by atoms with E-state index in [1.54, 1.807) is 12.3 Å². The Morgan fingerprint density at radius 2 is 1.64 bits per heavy atom. The summed E-state index contributed by atoms with van der Waals surface area (Å²) >= 11 is 0. The first-order valence-corrected chi connectivity index (χ1v) is 10.9. The lowest BCUT2D eigenvalue weighted by Crippen LogP contribution is -2.54. The van der Waals surface area contributed by atoms with Crippen LogP contribution in [0.4, 0.5) is 0 Å². The minimum absolute atomic E-state index is 0.0167. The van der Waals surface area contributed by atoms with Gasteiger partial charge in [-0.1, -0.05) is 18.2 Å². The summed E-state index contributed by atoms with van der Waals surface area (Å²) in [6, 6.07) is 3.43. The molecular formula is C22H29N7O7. The van der Waals surface area contributed by atoms with Gasteiger partial charge in [0.05, 0.1) is 19.0 Å². The molecule has 0 spiro atoms. The van der Waals surface area contributed by atoms with Crippen molar-refractivity contribution in [3.63, 3.8) is 0 Å². The second-order valence-electron chi connectivity index (χ2n) is 8.08. The number of hydrogen-bond acceptors (Lipinski definition) is 7. The summed E-state index contributed by atoms with van der Waals surface area (Å²) in [4.78, 5) is 73.9. The van der Waals surface area contributed by atoms with E-state index in [1.165, 1.54) is 0 Å². The molecule has 0 aliphatic carbocycles. The van der Waals surface area contributed by atoms with Gasteiger partial charge in [0.2, 0.25) is 29.5 Å². The number of benzene rings is 1. The van der Waals surface area contributed by atoms with Gasteiger partial charge in [0.1, 0.15) is 12.1 Å². The Hall–Kier alpha value is -4.46. The zero-order valence-corrected chi connectivity index (χ0v) is 19.3. The van der Waals surface area contributed by atoms with E-state index >= 15 is 0 Å². The van der Waals surface area contributed by atoms with E-state index in [0.717, 1.165) is 10.9 Å². The van der Waals surface area contributed by atoms with E-state index in [9.17, 15) is 33.9 Å². The van der Waals surface area contributed by atoms with Crippen molar-refractivity contribution in [3.8, 4) is 0 Å². The molecule has 0 aliphatic rings. The van der Waals surface area contributed by atoms with E-state index in [4.69, 9.17) is 17.2 Å². The summed E-state index contributed by atoms with van der Waals surface area (Å²) in [5, 5.41) is 17.0.